The maximum atomic E-state index is 11.8. The van der Waals surface area contributed by atoms with Crippen LogP contribution in [-0.4, -0.2) is 35.0 Å². The Morgan fingerprint density at radius 1 is 1.28 bits per heavy atom. The van der Waals surface area contributed by atoms with Gasteiger partial charge in [0.25, 0.3) is 0 Å². The fraction of sp³-hybridized carbons (Fsp3) is 0.364. The summed E-state index contributed by atoms with van der Waals surface area (Å²) in [5.74, 6) is 0.367. The van der Waals surface area contributed by atoms with Crippen molar-refractivity contribution < 1.29 is 17.9 Å². The number of hydrogen-bond acceptors (Lipinski definition) is 4. The van der Waals surface area contributed by atoms with Gasteiger partial charge in [-0.25, -0.2) is 13.1 Å². The number of amides is 1. The molecule has 0 saturated carbocycles. The highest BCUT2D eigenvalue weighted by molar-refractivity contribution is 7.89. The minimum Gasteiger partial charge on any atom is -0.497 e. The molecule has 0 aliphatic rings. The molecular weight excluding hydrogens is 256 g/mol. The van der Waals surface area contributed by atoms with Crippen molar-refractivity contribution in [3.8, 4) is 5.75 Å². The van der Waals surface area contributed by atoms with Gasteiger partial charge in [-0.3, -0.25) is 4.79 Å². The van der Waals surface area contributed by atoms with Crippen molar-refractivity contribution in [1.82, 2.24) is 10.0 Å². The van der Waals surface area contributed by atoms with E-state index in [1.165, 1.54) is 26.3 Å². The molecule has 1 aromatic rings. The van der Waals surface area contributed by atoms with Crippen LogP contribution in [0.3, 0.4) is 0 Å². The zero-order valence-corrected chi connectivity index (χ0v) is 11.1. The lowest BCUT2D eigenvalue weighted by molar-refractivity contribution is -0.120. The zero-order chi connectivity index (χ0) is 13.6. The van der Waals surface area contributed by atoms with Crippen LogP contribution in [0.25, 0.3) is 0 Å². The molecule has 0 saturated heterocycles. The van der Waals surface area contributed by atoms with Crippen molar-refractivity contribution in [3.05, 3.63) is 24.3 Å². The molecule has 0 aliphatic carbocycles. The predicted molar refractivity (Wildman–Crippen MR) is 66.9 cm³/mol. The van der Waals surface area contributed by atoms with Crippen LogP contribution in [0, 0.1) is 0 Å². The SMILES string of the molecule is CNC(=O)CCNS(=O)(=O)c1ccc(OC)cc1. The fourth-order valence-corrected chi connectivity index (χ4v) is 2.29. The molecule has 0 atom stereocenters. The molecule has 7 heteroatoms. The first-order valence-corrected chi connectivity index (χ1v) is 6.82. The molecule has 1 rings (SSSR count). The largest absolute Gasteiger partial charge is 0.497 e. The van der Waals surface area contributed by atoms with Crippen molar-refractivity contribution in [3.63, 3.8) is 0 Å². The molecule has 0 unspecified atom stereocenters. The number of nitrogens with one attached hydrogen (secondary N) is 2. The van der Waals surface area contributed by atoms with Crippen molar-refractivity contribution >= 4 is 15.9 Å². The number of carbonyl (C=O) groups is 1. The number of carbonyl (C=O) groups excluding carboxylic acids is 1. The molecule has 1 aromatic carbocycles. The summed E-state index contributed by atoms with van der Waals surface area (Å²) in [7, 11) is -0.569. The van der Waals surface area contributed by atoms with E-state index in [1.54, 1.807) is 12.1 Å². The van der Waals surface area contributed by atoms with E-state index in [2.05, 4.69) is 10.0 Å². The molecule has 0 aliphatic heterocycles. The quantitative estimate of drug-likeness (QED) is 0.770. The second-order valence-electron chi connectivity index (χ2n) is 3.50. The summed E-state index contributed by atoms with van der Waals surface area (Å²) >= 11 is 0. The van der Waals surface area contributed by atoms with Crippen LogP contribution in [0.5, 0.6) is 5.75 Å². The number of benzene rings is 1. The van der Waals surface area contributed by atoms with E-state index in [0.717, 1.165) is 0 Å². The van der Waals surface area contributed by atoms with Gasteiger partial charge in [-0.15, -0.1) is 0 Å². The highest BCUT2D eigenvalue weighted by Gasteiger charge is 2.13. The van der Waals surface area contributed by atoms with Gasteiger partial charge in [0, 0.05) is 20.0 Å². The minimum atomic E-state index is -3.57. The van der Waals surface area contributed by atoms with E-state index >= 15 is 0 Å². The monoisotopic (exact) mass is 272 g/mol. The molecule has 0 heterocycles. The van der Waals surface area contributed by atoms with E-state index in [1.807, 2.05) is 0 Å². The first-order chi connectivity index (χ1) is 8.49. The number of rotatable bonds is 6. The maximum Gasteiger partial charge on any atom is 0.240 e. The van der Waals surface area contributed by atoms with Gasteiger partial charge in [-0.1, -0.05) is 0 Å². The van der Waals surface area contributed by atoms with Crippen LogP contribution in [0.15, 0.2) is 29.2 Å². The van der Waals surface area contributed by atoms with Gasteiger partial charge in [-0.2, -0.15) is 0 Å². The molecule has 0 spiro atoms. The summed E-state index contributed by atoms with van der Waals surface area (Å²) in [6, 6.07) is 6.02. The van der Waals surface area contributed by atoms with Gasteiger partial charge in [0.2, 0.25) is 15.9 Å². The van der Waals surface area contributed by atoms with Crippen molar-refractivity contribution in [2.75, 3.05) is 20.7 Å². The Labute approximate surface area is 106 Å². The highest BCUT2D eigenvalue weighted by Crippen LogP contribution is 2.15. The predicted octanol–water partition coefficient (Wildman–Crippen LogP) is 0.110. The van der Waals surface area contributed by atoms with Gasteiger partial charge in [0.1, 0.15) is 5.75 Å². The summed E-state index contributed by atoms with van der Waals surface area (Å²) < 4.78 is 30.9. The zero-order valence-electron chi connectivity index (χ0n) is 10.3. The summed E-state index contributed by atoms with van der Waals surface area (Å²) in [4.78, 5) is 11.1. The Hall–Kier alpha value is -1.60. The van der Waals surface area contributed by atoms with Crippen LogP contribution < -0.4 is 14.8 Å². The van der Waals surface area contributed by atoms with E-state index < -0.39 is 10.0 Å². The summed E-state index contributed by atoms with van der Waals surface area (Å²) in [6.45, 7) is 0.0635. The lowest BCUT2D eigenvalue weighted by Gasteiger charge is -2.07. The van der Waals surface area contributed by atoms with E-state index in [4.69, 9.17) is 4.74 Å². The topological polar surface area (TPSA) is 84.5 Å². The van der Waals surface area contributed by atoms with E-state index in [9.17, 15) is 13.2 Å². The maximum absolute atomic E-state index is 11.8. The number of sulfonamides is 1. The van der Waals surface area contributed by atoms with Crippen LogP contribution in [0.2, 0.25) is 0 Å². The Kier molecular flexibility index (Phi) is 5.11. The van der Waals surface area contributed by atoms with Crippen LogP contribution in [0.4, 0.5) is 0 Å². The molecule has 0 aromatic heterocycles. The van der Waals surface area contributed by atoms with Crippen molar-refractivity contribution in [2.45, 2.75) is 11.3 Å². The van der Waals surface area contributed by atoms with Crippen LogP contribution in [0.1, 0.15) is 6.42 Å². The Morgan fingerprint density at radius 3 is 2.39 bits per heavy atom. The lowest BCUT2D eigenvalue weighted by Crippen LogP contribution is -2.29. The van der Waals surface area contributed by atoms with E-state index in [0.29, 0.717) is 5.75 Å². The number of hydrogen-bond donors (Lipinski definition) is 2. The van der Waals surface area contributed by atoms with Gasteiger partial charge in [0.15, 0.2) is 0 Å². The number of methoxy groups -OCH3 is 1. The smallest absolute Gasteiger partial charge is 0.240 e. The van der Waals surface area contributed by atoms with Crippen LogP contribution in [-0.2, 0) is 14.8 Å². The second-order valence-corrected chi connectivity index (χ2v) is 5.26. The van der Waals surface area contributed by atoms with E-state index in [-0.39, 0.29) is 23.8 Å². The second kappa shape index (κ2) is 6.36. The Morgan fingerprint density at radius 2 is 1.89 bits per heavy atom. The van der Waals surface area contributed by atoms with Gasteiger partial charge in [0.05, 0.1) is 12.0 Å². The van der Waals surface area contributed by atoms with Crippen molar-refractivity contribution in [2.24, 2.45) is 0 Å². The highest BCUT2D eigenvalue weighted by atomic mass is 32.2. The molecule has 6 nitrogen and oxygen atoms in total. The third-order valence-electron chi connectivity index (χ3n) is 2.29. The van der Waals surface area contributed by atoms with Crippen LogP contribution >= 0.6 is 0 Å². The standard InChI is InChI=1S/C11H16N2O4S/c1-12-11(14)7-8-13-18(15,16)10-5-3-9(17-2)4-6-10/h3-6,13H,7-8H2,1-2H3,(H,12,14). The van der Waals surface area contributed by atoms with Gasteiger partial charge >= 0.3 is 0 Å². The fourth-order valence-electron chi connectivity index (χ4n) is 1.26. The summed E-state index contributed by atoms with van der Waals surface area (Å²) in [5.41, 5.74) is 0. The molecular formula is C11H16N2O4S. The molecule has 2 N–H and O–H groups in total. The van der Waals surface area contributed by atoms with Gasteiger partial charge in [-0.05, 0) is 24.3 Å². The molecule has 0 fully saturated rings. The molecule has 0 bridgehead atoms. The molecule has 18 heavy (non-hydrogen) atoms. The average molecular weight is 272 g/mol. The summed E-state index contributed by atoms with van der Waals surface area (Å²) in [6.07, 6.45) is 0.103. The first-order valence-electron chi connectivity index (χ1n) is 5.34. The Bertz CT molecular complexity index is 496. The molecule has 0 radical (unpaired) electrons. The number of ether oxygens (including phenoxy) is 1. The lowest BCUT2D eigenvalue weighted by atomic mass is 10.3. The normalized spacial score (nSPS) is 11.0. The molecule has 100 valence electrons. The first kappa shape index (κ1) is 14.5. The molecule has 1 amide bonds. The third kappa shape index (κ3) is 4.01. The van der Waals surface area contributed by atoms with Crippen molar-refractivity contribution in [1.29, 1.82) is 0 Å². The van der Waals surface area contributed by atoms with Gasteiger partial charge < -0.3 is 10.1 Å². The average Bonchev–Trinajstić information content (AvgIpc) is 2.38. The Balaban J connectivity index is 2.65. The minimum absolute atomic E-state index is 0.0635. The summed E-state index contributed by atoms with van der Waals surface area (Å²) in [5, 5.41) is 2.42. The third-order valence-corrected chi connectivity index (χ3v) is 3.77.